The molecule has 0 saturated heterocycles. The lowest BCUT2D eigenvalue weighted by Gasteiger charge is -2.39. The second kappa shape index (κ2) is 49.9. The minimum atomic E-state index is 0.00285. The highest BCUT2D eigenvalue weighted by Gasteiger charge is 2.45. The summed E-state index contributed by atoms with van der Waals surface area (Å²) in [5.41, 5.74) is 35.9. The van der Waals surface area contributed by atoms with Crippen LogP contribution in [0.2, 0.25) is 0 Å². The fraction of sp³-hybridized carbons (Fsp3) is 0.471. The maximum Gasteiger partial charge on any atom is 0.0768 e. The summed E-state index contributed by atoms with van der Waals surface area (Å²) in [5.74, 6) is 0. The smallest absolute Gasteiger partial charge is 0.0768 e. The molecule has 9 aromatic carbocycles. The highest BCUT2D eigenvalue weighted by molar-refractivity contribution is 9.24. The molecular formula is C102H139Br4N7. The number of fused-ring (bicyclic) bond motifs is 9. The van der Waals surface area contributed by atoms with E-state index in [9.17, 15) is 0 Å². The van der Waals surface area contributed by atoms with Gasteiger partial charge in [-0.25, -0.2) is 0 Å². The predicted octanol–water partition coefficient (Wildman–Crippen LogP) is 30.8. The molecule has 7 nitrogen and oxygen atoms in total. The Morgan fingerprint density at radius 1 is 0.257 bits per heavy atom. The van der Waals surface area contributed by atoms with E-state index in [1.54, 1.807) is 27.8 Å². The third kappa shape index (κ3) is 24.6. The van der Waals surface area contributed by atoms with Gasteiger partial charge in [0.15, 0.2) is 0 Å². The normalized spacial score (nSPS) is 13.1. The Morgan fingerprint density at radius 3 is 0.814 bits per heavy atom. The van der Waals surface area contributed by atoms with Crippen molar-refractivity contribution in [3.8, 4) is 33.4 Å². The molecule has 0 heterocycles. The van der Waals surface area contributed by atoms with Gasteiger partial charge in [-0.05, 0) is 199 Å². The molecule has 610 valence electrons. The van der Waals surface area contributed by atoms with Crippen molar-refractivity contribution in [2.75, 3.05) is 76.7 Å². The molecule has 9 aromatic rings. The van der Waals surface area contributed by atoms with Crippen molar-refractivity contribution in [2.24, 2.45) is 5.73 Å². The number of nitrogens with zero attached hydrogens (tertiary/aromatic N) is 5. The number of rotatable bonds is 43. The second-order valence-electron chi connectivity index (χ2n) is 31.9. The van der Waals surface area contributed by atoms with E-state index in [0.29, 0.717) is 0 Å². The van der Waals surface area contributed by atoms with Crippen molar-refractivity contribution < 1.29 is 0 Å². The summed E-state index contributed by atoms with van der Waals surface area (Å²) < 4.78 is 1.75. The van der Waals surface area contributed by atoms with Crippen LogP contribution in [0, 0.1) is 0 Å². The summed E-state index contributed by atoms with van der Waals surface area (Å²) >= 11 is 12.2. The lowest BCUT2D eigenvalue weighted by atomic mass is 9.70. The number of nitrogen functional groups attached to an aromatic ring is 1. The minimum absolute atomic E-state index is 0.00285. The standard InChI is InChI=1S/C74H95N5.C25H35N.2CH2Br2.CH5N/c1-7-11-15-32-50-73(51-33-16-12-8-2)69-44-30-28-42-65(69)67-48-46-63(54-71(67)73)77(56-75(5)58-78(60-36-22-19-23-37-60)61-38-24-20-25-39-61)57-76(6)59-79(62-40-26-21-27-41-62)64-47-49-68-66-43-29-31-45-70(66)74(72(68)55-64,52-34-17-13-9-3)53-35-18-14-10-4;1-3-5-7-11-17-25(18-12-8-6-4-2)23-14-10-9-13-21(23)22-16-15-20(26)19-24(22)25;2*2-1-3;1-2/h19-31,36-49,54-55H,7-18,32-35,50-53,56-59H2,1-6H3;9-10,13-16,19H,3-8,11-12,17-18,26H2,1-2H3;2*1H2;2H2,1H3. The van der Waals surface area contributed by atoms with Gasteiger partial charge in [0, 0.05) is 50.4 Å². The van der Waals surface area contributed by atoms with Gasteiger partial charge in [0.25, 0.3) is 0 Å². The number of para-hydroxylation sites is 3. The van der Waals surface area contributed by atoms with Crippen LogP contribution in [-0.4, -0.2) is 66.1 Å². The number of alkyl halides is 4. The van der Waals surface area contributed by atoms with E-state index in [1.807, 2.05) is 0 Å². The van der Waals surface area contributed by atoms with E-state index < -0.39 is 0 Å². The van der Waals surface area contributed by atoms with E-state index in [0.717, 1.165) is 40.8 Å². The first kappa shape index (κ1) is 92.5. The molecule has 0 bridgehead atoms. The quantitative estimate of drug-likeness (QED) is 0.0171. The average molecular weight is 1780 g/mol. The number of anilines is 6. The molecule has 0 radical (unpaired) electrons. The van der Waals surface area contributed by atoms with Crippen LogP contribution in [0.3, 0.4) is 0 Å². The summed E-state index contributed by atoms with van der Waals surface area (Å²) in [6.07, 6.45) is 38.3. The molecule has 0 unspecified atom stereocenters. The van der Waals surface area contributed by atoms with Crippen molar-refractivity contribution in [1.82, 2.24) is 9.80 Å². The van der Waals surface area contributed by atoms with Crippen LogP contribution in [-0.2, 0) is 16.2 Å². The Labute approximate surface area is 719 Å². The highest BCUT2D eigenvalue weighted by Crippen LogP contribution is 2.58. The monoisotopic (exact) mass is 1780 g/mol. The maximum atomic E-state index is 6.24. The van der Waals surface area contributed by atoms with E-state index >= 15 is 0 Å². The van der Waals surface area contributed by atoms with Gasteiger partial charge in [-0.15, -0.1) is 0 Å². The number of benzene rings is 9. The van der Waals surface area contributed by atoms with Crippen LogP contribution in [0.4, 0.5) is 34.1 Å². The van der Waals surface area contributed by atoms with Gasteiger partial charge in [0.1, 0.15) is 0 Å². The molecule has 3 aliphatic rings. The lowest BCUT2D eigenvalue weighted by molar-refractivity contribution is 0.286. The summed E-state index contributed by atoms with van der Waals surface area (Å²) in [4.78, 5) is 12.8. The third-order valence-electron chi connectivity index (χ3n) is 24.0. The molecular weight excluding hydrogens is 1640 g/mol. The Kier molecular flexibility index (Phi) is 40.8. The first-order chi connectivity index (χ1) is 55.4. The number of hydrogen-bond acceptors (Lipinski definition) is 7. The van der Waals surface area contributed by atoms with Crippen molar-refractivity contribution in [1.29, 1.82) is 0 Å². The Bertz CT molecular complexity index is 4050. The Hall–Kier alpha value is -6.02. The Morgan fingerprint density at radius 2 is 0.504 bits per heavy atom. The maximum absolute atomic E-state index is 6.24. The summed E-state index contributed by atoms with van der Waals surface area (Å²) in [5, 5.41) is 0. The van der Waals surface area contributed by atoms with Gasteiger partial charge >= 0.3 is 0 Å². The summed E-state index contributed by atoms with van der Waals surface area (Å²) in [6.45, 7) is 16.9. The van der Waals surface area contributed by atoms with Crippen LogP contribution < -0.4 is 26.2 Å². The lowest BCUT2D eigenvalue weighted by Crippen LogP contribution is -2.47. The van der Waals surface area contributed by atoms with Gasteiger partial charge in [0.2, 0.25) is 0 Å². The Balaban J connectivity index is 0.000000390. The SMILES string of the molecule is BrCBr.BrCBr.CCCCCCC1(CCCCCC)c2ccccc2-c2ccc(N(CN(C)CN(c3ccccc3)c3ccccc3)CN(C)CN(c3ccccc3)c3ccc4c(c3)C(CCCCCC)(CCCCCC)c3ccccc3-4)cc21.CCCCCCC1(CCCCCC)c2ccccc2-c2ccc(N)cc21.CN. The first-order valence-electron chi connectivity index (χ1n) is 43.5. The topological polar surface area (TPSA) is 68.2 Å². The summed E-state index contributed by atoms with van der Waals surface area (Å²) in [7, 11) is 6.14. The van der Waals surface area contributed by atoms with Gasteiger partial charge in [-0.1, -0.05) is 405 Å². The van der Waals surface area contributed by atoms with Gasteiger partial charge in [-0.3, -0.25) is 9.80 Å². The molecule has 12 rings (SSSR count). The zero-order valence-corrected chi connectivity index (χ0v) is 77.0. The largest absolute Gasteiger partial charge is 0.399 e. The number of hydrogen-bond donors (Lipinski definition) is 2. The molecule has 0 amide bonds. The minimum Gasteiger partial charge on any atom is -0.399 e. The molecule has 113 heavy (non-hydrogen) atoms. The van der Waals surface area contributed by atoms with E-state index in [-0.39, 0.29) is 16.2 Å². The van der Waals surface area contributed by atoms with Gasteiger partial charge in [-0.2, -0.15) is 0 Å². The number of halogens is 4. The third-order valence-corrected chi connectivity index (χ3v) is 24.0. The molecule has 4 N–H and O–H groups in total. The molecule has 11 heteroatoms. The van der Waals surface area contributed by atoms with Gasteiger partial charge in [0.05, 0.1) is 35.2 Å². The predicted molar refractivity (Wildman–Crippen MR) is 512 cm³/mol. The van der Waals surface area contributed by atoms with Crippen molar-refractivity contribution >= 4 is 97.8 Å². The van der Waals surface area contributed by atoms with E-state index in [2.05, 4.69) is 368 Å². The molecule has 0 aliphatic heterocycles. The van der Waals surface area contributed by atoms with Crippen LogP contribution in [0.5, 0.6) is 0 Å². The van der Waals surface area contributed by atoms with Crippen molar-refractivity contribution in [3.05, 3.63) is 252 Å². The van der Waals surface area contributed by atoms with Crippen LogP contribution in [0.1, 0.15) is 268 Å². The van der Waals surface area contributed by atoms with Crippen molar-refractivity contribution in [2.45, 2.75) is 250 Å². The molecule has 0 saturated carbocycles. The molecule has 0 aromatic heterocycles. The zero-order chi connectivity index (χ0) is 80.7. The van der Waals surface area contributed by atoms with Crippen LogP contribution in [0.25, 0.3) is 33.4 Å². The van der Waals surface area contributed by atoms with Gasteiger partial charge < -0.3 is 26.2 Å². The molecule has 0 atom stereocenters. The van der Waals surface area contributed by atoms with E-state index in [1.165, 1.54) is 267 Å². The highest BCUT2D eigenvalue weighted by atomic mass is 79.9. The molecule has 0 spiro atoms. The van der Waals surface area contributed by atoms with E-state index in [4.69, 9.17) is 5.73 Å². The average Bonchev–Trinajstić information content (AvgIpc) is 1.58. The zero-order valence-electron chi connectivity index (χ0n) is 70.6. The van der Waals surface area contributed by atoms with Crippen molar-refractivity contribution in [3.63, 3.8) is 0 Å². The number of unbranched alkanes of at least 4 members (excludes halogenated alkanes) is 18. The summed E-state index contributed by atoms with van der Waals surface area (Å²) in [6, 6.07) is 82.7. The number of nitrogens with two attached hydrogens (primary N) is 2. The molecule has 0 fully saturated rings. The molecule has 3 aliphatic carbocycles. The van der Waals surface area contributed by atoms with Crippen LogP contribution >= 0.6 is 63.7 Å². The fourth-order valence-electron chi connectivity index (χ4n) is 18.6. The fourth-order valence-corrected chi connectivity index (χ4v) is 18.6. The van der Waals surface area contributed by atoms with Crippen LogP contribution in [0.15, 0.2) is 218 Å². The second-order valence-corrected chi connectivity index (χ2v) is 37.1. The first-order valence-corrected chi connectivity index (χ1v) is 48.0.